The molecule has 2 aromatic heterocycles. The number of benzene rings is 1. The van der Waals surface area contributed by atoms with Crippen LogP contribution in [0.5, 0.6) is 0 Å². The first-order valence-corrected chi connectivity index (χ1v) is 7.59. The van der Waals surface area contributed by atoms with Gasteiger partial charge < -0.3 is 5.32 Å². The number of nitrogens with two attached hydrogens (primary N) is 1. The topological polar surface area (TPSA) is 75.9 Å². The molecule has 5 nitrogen and oxygen atoms in total. The number of nitrogen functional groups attached to an aromatic ring is 1. The Morgan fingerprint density at radius 3 is 2.86 bits per heavy atom. The van der Waals surface area contributed by atoms with E-state index in [1.807, 2.05) is 31.2 Å². The quantitative estimate of drug-likeness (QED) is 0.506. The number of rotatable bonds is 4. The Bertz CT molecular complexity index is 786. The molecule has 4 N–H and O–H groups in total. The average molecular weight is 320 g/mol. The maximum absolute atomic E-state index is 6.17. The molecule has 0 aliphatic carbocycles. The van der Waals surface area contributed by atoms with Gasteiger partial charge in [-0.25, -0.2) is 10.8 Å². The van der Waals surface area contributed by atoms with Gasteiger partial charge in [0, 0.05) is 16.4 Å². The number of nitrogens with one attached hydrogen (secondary N) is 2. The summed E-state index contributed by atoms with van der Waals surface area (Å²) in [6.45, 7) is 2.63. The highest BCUT2D eigenvalue weighted by Crippen LogP contribution is 2.30. The Hall–Kier alpha value is -1.89. The third-order valence-corrected chi connectivity index (χ3v) is 4.36. The molecule has 0 spiro atoms. The molecule has 0 bridgehead atoms. The van der Waals surface area contributed by atoms with Crippen LogP contribution in [0.1, 0.15) is 10.4 Å². The van der Waals surface area contributed by atoms with E-state index in [0.717, 1.165) is 26.6 Å². The number of aryl methyl sites for hydroxylation is 1. The van der Waals surface area contributed by atoms with E-state index >= 15 is 0 Å². The van der Waals surface area contributed by atoms with Crippen molar-refractivity contribution in [1.29, 1.82) is 0 Å². The van der Waals surface area contributed by atoms with Gasteiger partial charge in [-0.3, -0.25) is 5.43 Å². The Kier molecular flexibility index (Phi) is 3.92. The summed E-state index contributed by atoms with van der Waals surface area (Å²) >= 11 is 7.78. The van der Waals surface area contributed by atoms with Crippen LogP contribution in [0.4, 0.5) is 11.8 Å². The number of halogens is 1. The lowest BCUT2D eigenvalue weighted by Gasteiger charge is -2.09. The minimum absolute atomic E-state index is 0.394. The number of fused-ring (bicyclic) bond motifs is 1. The predicted octanol–water partition coefficient (Wildman–Crippen LogP) is 3.55. The van der Waals surface area contributed by atoms with Crippen LogP contribution in [-0.4, -0.2) is 9.97 Å². The molecule has 2 heterocycles. The molecule has 7 heteroatoms. The highest BCUT2D eigenvalue weighted by atomic mass is 35.5. The Balaban J connectivity index is 1.94. The highest BCUT2D eigenvalue weighted by molar-refractivity contribution is 7.18. The molecule has 0 atom stereocenters. The zero-order valence-electron chi connectivity index (χ0n) is 11.4. The van der Waals surface area contributed by atoms with E-state index in [1.165, 1.54) is 4.88 Å². The van der Waals surface area contributed by atoms with Gasteiger partial charge in [-0.15, -0.1) is 11.3 Å². The van der Waals surface area contributed by atoms with E-state index in [1.54, 1.807) is 11.3 Å². The van der Waals surface area contributed by atoms with Crippen LogP contribution in [-0.2, 0) is 6.54 Å². The van der Waals surface area contributed by atoms with Gasteiger partial charge in [0.05, 0.1) is 5.39 Å². The van der Waals surface area contributed by atoms with Crippen molar-refractivity contribution in [2.24, 2.45) is 5.84 Å². The van der Waals surface area contributed by atoms with Gasteiger partial charge in [-0.05, 0) is 24.6 Å². The van der Waals surface area contributed by atoms with Crippen molar-refractivity contribution < 1.29 is 0 Å². The summed E-state index contributed by atoms with van der Waals surface area (Å²) in [5.41, 5.74) is 3.51. The summed E-state index contributed by atoms with van der Waals surface area (Å²) in [6.07, 6.45) is 0. The van der Waals surface area contributed by atoms with Gasteiger partial charge in [0.2, 0.25) is 5.95 Å². The van der Waals surface area contributed by atoms with Crippen LogP contribution in [0.25, 0.3) is 10.2 Å². The van der Waals surface area contributed by atoms with Crippen molar-refractivity contribution >= 4 is 44.9 Å². The van der Waals surface area contributed by atoms with Crippen molar-refractivity contribution in [3.8, 4) is 0 Å². The van der Waals surface area contributed by atoms with Gasteiger partial charge in [0.1, 0.15) is 10.6 Å². The van der Waals surface area contributed by atoms with Crippen LogP contribution in [0.3, 0.4) is 0 Å². The largest absolute Gasteiger partial charge is 0.365 e. The zero-order valence-corrected chi connectivity index (χ0v) is 12.9. The number of anilines is 2. The first-order valence-electron chi connectivity index (χ1n) is 6.39. The second-order valence-corrected chi connectivity index (χ2v) is 6.20. The van der Waals surface area contributed by atoms with Crippen molar-refractivity contribution in [2.45, 2.75) is 13.5 Å². The second kappa shape index (κ2) is 5.85. The smallest absolute Gasteiger partial charge is 0.240 e. The summed E-state index contributed by atoms with van der Waals surface area (Å²) in [4.78, 5) is 10.8. The normalized spacial score (nSPS) is 10.8. The lowest BCUT2D eigenvalue weighted by Crippen LogP contribution is -2.12. The van der Waals surface area contributed by atoms with E-state index in [9.17, 15) is 0 Å². The van der Waals surface area contributed by atoms with Gasteiger partial charge in [-0.1, -0.05) is 29.8 Å². The molecule has 21 heavy (non-hydrogen) atoms. The van der Waals surface area contributed by atoms with Crippen LogP contribution in [0.2, 0.25) is 5.02 Å². The summed E-state index contributed by atoms with van der Waals surface area (Å²) < 4.78 is 0. The van der Waals surface area contributed by atoms with Crippen LogP contribution in [0, 0.1) is 6.92 Å². The lowest BCUT2D eigenvalue weighted by molar-refractivity contribution is 1.09. The van der Waals surface area contributed by atoms with E-state index in [-0.39, 0.29) is 0 Å². The first kappa shape index (κ1) is 14.1. The molecule has 108 valence electrons. The fourth-order valence-corrected chi connectivity index (χ4v) is 3.14. The summed E-state index contributed by atoms with van der Waals surface area (Å²) in [5.74, 6) is 6.57. The molecule has 0 unspecified atom stereocenters. The minimum Gasteiger partial charge on any atom is -0.365 e. The molecular formula is C14H14ClN5S. The van der Waals surface area contributed by atoms with Crippen molar-refractivity contribution in [1.82, 2.24) is 9.97 Å². The fourth-order valence-electron chi connectivity index (χ4n) is 2.06. The molecule has 3 rings (SSSR count). The molecule has 0 aliphatic rings. The molecule has 3 aromatic rings. The summed E-state index contributed by atoms with van der Waals surface area (Å²) in [7, 11) is 0. The van der Waals surface area contributed by atoms with E-state index in [0.29, 0.717) is 12.5 Å². The van der Waals surface area contributed by atoms with Crippen LogP contribution >= 0.6 is 22.9 Å². The van der Waals surface area contributed by atoms with E-state index in [4.69, 9.17) is 17.4 Å². The van der Waals surface area contributed by atoms with Crippen molar-refractivity contribution in [3.63, 3.8) is 0 Å². The molecule has 0 radical (unpaired) electrons. The van der Waals surface area contributed by atoms with Gasteiger partial charge in [0.15, 0.2) is 0 Å². The third kappa shape index (κ3) is 2.92. The third-order valence-electron chi connectivity index (χ3n) is 3.05. The number of thiophene rings is 1. The lowest BCUT2D eigenvalue weighted by atomic mass is 10.2. The number of hydrogen-bond acceptors (Lipinski definition) is 6. The minimum atomic E-state index is 0.394. The standard InChI is InChI=1S/C14H14ClN5S/c1-8-6-10-12(18-14(20-16)19-13(10)21-8)17-7-9-4-2-3-5-11(9)15/h2-6H,7,16H2,1H3,(H2,17,18,19,20). The SMILES string of the molecule is Cc1cc2c(NCc3ccccc3Cl)nc(NN)nc2s1. The molecule has 0 amide bonds. The van der Waals surface area contributed by atoms with Crippen LogP contribution in [0.15, 0.2) is 30.3 Å². The van der Waals surface area contributed by atoms with Crippen molar-refractivity contribution in [2.75, 3.05) is 10.7 Å². The predicted molar refractivity (Wildman–Crippen MR) is 88.7 cm³/mol. The average Bonchev–Trinajstić information content (AvgIpc) is 2.86. The molecule has 0 saturated heterocycles. The van der Waals surface area contributed by atoms with Crippen LogP contribution < -0.4 is 16.6 Å². The fraction of sp³-hybridized carbons (Fsp3) is 0.143. The molecular weight excluding hydrogens is 306 g/mol. The Morgan fingerprint density at radius 1 is 1.29 bits per heavy atom. The summed E-state index contributed by atoms with van der Waals surface area (Å²) in [5, 5.41) is 5.03. The van der Waals surface area contributed by atoms with Crippen molar-refractivity contribution in [3.05, 3.63) is 45.8 Å². The number of aromatic nitrogens is 2. The van der Waals surface area contributed by atoms with E-state index in [2.05, 4.69) is 26.8 Å². The van der Waals surface area contributed by atoms with Gasteiger partial charge in [0.25, 0.3) is 0 Å². The Labute approximate surface area is 131 Å². The number of hydrazine groups is 1. The molecule has 1 aromatic carbocycles. The maximum atomic E-state index is 6.17. The number of nitrogens with zero attached hydrogens (tertiary/aromatic N) is 2. The monoisotopic (exact) mass is 319 g/mol. The summed E-state index contributed by atoms with van der Waals surface area (Å²) in [6, 6.07) is 9.78. The molecule has 0 aliphatic heterocycles. The van der Waals surface area contributed by atoms with E-state index < -0.39 is 0 Å². The van der Waals surface area contributed by atoms with Gasteiger partial charge >= 0.3 is 0 Å². The first-order chi connectivity index (χ1) is 10.2. The number of hydrogen-bond donors (Lipinski definition) is 3. The zero-order chi connectivity index (χ0) is 14.8. The highest BCUT2D eigenvalue weighted by Gasteiger charge is 2.10. The molecule has 0 fully saturated rings. The van der Waals surface area contributed by atoms with Gasteiger partial charge in [-0.2, -0.15) is 4.98 Å². The second-order valence-electron chi connectivity index (χ2n) is 4.56. The Morgan fingerprint density at radius 2 is 2.10 bits per heavy atom. The molecule has 0 saturated carbocycles. The maximum Gasteiger partial charge on any atom is 0.240 e.